The lowest BCUT2D eigenvalue weighted by atomic mass is 9.45. The molecule has 3 aliphatic rings. The summed E-state index contributed by atoms with van der Waals surface area (Å²) in [5.41, 5.74) is 0.633. The van der Waals surface area contributed by atoms with E-state index in [-0.39, 0.29) is 28.8 Å². The van der Waals surface area contributed by atoms with Gasteiger partial charge in [0.2, 0.25) is 0 Å². The SMILES string of the molecule is COC(=O)C1=CCC2C(CCC3C(C)(C)C(O)CCC23C)C(O)C1. The van der Waals surface area contributed by atoms with Crippen LogP contribution in [0, 0.1) is 28.6 Å². The Labute approximate surface area is 145 Å². The number of aliphatic hydroxyl groups excluding tert-OH is 2. The van der Waals surface area contributed by atoms with Gasteiger partial charge in [0.05, 0.1) is 19.3 Å². The molecule has 0 heterocycles. The molecular formula is C20H32O4. The van der Waals surface area contributed by atoms with Gasteiger partial charge < -0.3 is 14.9 Å². The number of aliphatic hydroxyl groups is 2. The van der Waals surface area contributed by atoms with Crippen LogP contribution in [0.1, 0.15) is 59.3 Å². The van der Waals surface area contributed by atoms with E-state index in [2.05, 4.69) is 20.8 Å². The van der Waals surface area contributed by atoms with E-state index in [9.17, 15) is 15.0 Å². The Bertz CT molecular complexity index is 538. The van der Waals surface area contributed by atoms with Crippen molar-refractivity contribution in [2.45, 2.75) is 71.5 Å². The fraction of sp³-hybridized carbons (Fsp3) is 0.850. The second kappa shape index (κ2) is 6.14. The van der Waals surface area contributed by atoms with Crippen LogP contribution >= 0.6 is 0 Å². The third kappa shape index (κ3) is 2.62. The van der Waals surface area contributed by atoms with Crippen LogP contribution in [0.25, 0.3) is 0 Å². The molecule has 0 aromatic heterocycles. The van der Waals surface area contributed by atoms with E-state index in [0.29, 0.717) is 23.8 Å². The molecule has 136 valence electrons. The molecule has 2 fully saturated rings. The number of methoxy groups -OCH3 is 1. The summed E-state index contributed by atoms with van der Waals surface area (Å²) in [5.74, 6) is 0.736. The monoisotopic (exact) mass is 336 g/mol. The first kappa shape index (κ1) is 17.9. The number of fused-ring (bicyclic) bond motifs is 3. The van der Waals surface area contributed by atoms with E-state index in [4.69, 9.17) is 4.74 Å². The molecule has 0 bridgehead atoms. The second-order valence-corrected chi connectivity index (χ2v) is 9.01. The highest BCUT2D eigenvalue weighted by atomic mass is 16.5. The maximum absolute atomic E-state index is 11.9. The molecule has 0 amide bonds. The third-order valence-corrected chi connectivity index (χ3v) is 7.65. The number of ether oxygens (including phenoxy) is 1. The van der Waals surface area contributed by atoms with Gasteiger partial charge in [-0.3, -0.25) is 0 Å². The lowest BCUT2D eigenvalue weighted by Gasteiger charge is -2.61. The van der Waals surface area contributed by atoms with Crippen LogP contribution < -0.4 is 0 Å². The van der Waals surface area contributed by atoms with Gasteiger partial charge in [0, 0.05) is 12.0 Å². The molecule has 0 aromatic rings. The molecule has 4 nitrogen and oxygen atoms in total. The van der Waals surface area contributed by atoms with Gasteiger partial charge in [-0.05, 0) is 60.7 Å². The topological polar surface area (TPSA) is 66.8 Å². The van der Waals surface area contributed by atoms with Crippen molar-refractivity contribution in [3.63, 3.8) is 0 Å². The molecule has 3 rings (SSSR count). The van der Waals surface area contributed by atoms with Crippen LogP contribution in [0.3, 0.4) is 0 Å². The van der Waals surface area contributed by atoms with E-state index in [1.165, 1.54) is 7.11 Å². The van der Waals surface area contributed by atoms with Crippen LogP contribution in [0.5, 0.6) is 0 Å². The molecule has 0 saturated heterocycles. The van der Waals surface area contributed by atoms with Crippen LogP contribution in [-0.4, -0.2) is 35.5 Å². The molecular weight excluding hydrogens is 304 g/mol. The molecule has 0 aromatic carbocycles. The van der Waals surface area contributed by atoms with Gasteiger partial charge in [0.15, 0.2) is 0 Å². The summed E-state index contributed by atoms with van der Waals surface area (Å²) in [6.07, 6.45) is 6.36. The summed E-state index contributed by atoms with van der Waals surface area (Å²) in [4.78, 5) is 11.9. The molecule has 0 aliphatic heterocycles. The average Bonchev–Trinajstić information content (AvgIpc) is 2.71. The van der Waals surface area contributed by atoms with E-state index in [1.807, 2.05) is 6.08 Å². The second-order valence-electron chi connectivity index (χ2n) is 9.01. The molecule has 24 heavy (non-hydrogen) atoms. The Morgan fingerprint density at radius 2 is 1.92 bits per heavy atom. The Morgan fingerprint density at radius 1 is 1.21 bits per heavy atom. The van der Waals surface area contributed by atoms with Crippen molar-refractivity contribution in [3.05, 3.63) is 11.6 Å². The summed E-state index contributed by atoms with van der Waals surface area (Å²) >= 11 is 0. The van der Waals surface area contributed by atoms with Gasteiger partial charge in [-0.1, -0.05) is 26.8 Å². The van der Waals surface area contributed by atoms with Crippen LogP contribution in [0.4, 0.5) is 0 Å². The van der Waals surface area contributed by atoms with E-state index in [0.717, 1.165) is 32.1 Å². The quantitative estimate of drug-likeness (QED) is 0.722. The zero-order chi connectivity index (χ0) is 17.7. The summed E-state index contributed by atoms with van der Waals surface area (Å²) in [7, 11) is 1.40. The van der Waals surface area contributed by atoms with E-state index in [1.54, 1.807) is 0 Å². The highest BCUT2D eigenvalue weighted by Gasteiger charge is 2.58. The predicted octanol–water partition coefficient (Wildman–Crippen LogP) is 3.07. The molecule has 0 spiro atoms. The molecule has 0 radical (unpaired) electrons. The van der Waals surface area contributed by atoms with Gasteiger partial charge >= 0.3 is 5.97 Å². The number of hydrogen-bond donors (Lipinski definition) is 2. The van der Waals surface area contributed by atoms with Crippen molar-refractivity contribution in [1.29, 1.82) is 0 Å². The van der Waals surface area contributed by atoms with Gasteiger partial charge in [0.25, 0.3) is 0 Å². The number of hydrogen-bond acceptors (Lipinski definition) is 4. The average molecular weight is 336 g/mol. The summed E-state index contributed by atoms with van der Waals surface area (Å²) in [6.45, 7) is 6.75. The Balaban J connectivity index is 1.94. The van der Waals surface area contributed by atoms with Crippen molar-refractivity contribution in [2.24, 2.45) is 28.6 Å². The molecule has 3 aliphatic carbocycles. The predicted molar refractivity (Wildman–Crippen MR) is 92.2 cm³/mol. The number of carbonyl (C=O) groups is 1. The largest absolute Gasteiger partial charge is 0.466 e. The highest BCUT2D eigenvalue weighted by Crippen LogP contribution is 2.63. The van der Waals surface area contributed by atoms with Gasteiger partial charge in [-0.25, -0.2) is 4.79 Å². The first-order valence-corrected chi connectivity index (χ1v) is 9.35. The fourth-order valence-corrected chi connectivity index (χ4v) is 6.20. The van der Waals surface area contributed by atoms with Crippen molar-refractivity contribution in [2.75, 3.05) is 7.11 Å². The van der Waals surface area contributed by atoms with Crippen LogP contribution in [-0.2, 0) is 9.53 Å². The Hall–Kier alpha value is -0.870. The number of rotatable bonds is 1. The van der Waals surface area contributed by atoms with Crippen molar-refractivity contribution in [3.8, 4) is 0 Å². The Morgan fingerprint density at radius 3 is 2.58 bits per heavy atom. The summed E-state index contributed by atoms with van der Waals surface area (Å²) < 4.78 is 4.87. The molecule has 6 unspecified atom stereocenters. The maximum atomic E-state index is 11.9. The molecule has 6 atom stereocenters. The minimum Gasteiger partial charge on any atom is -0.466 e. The normalized spacial score (nSPS) is 44.6. The third-order valence-electron chi connectivity index (χ3n) is 7.65. The highest BCUT2D eigenvalue weighted by molar-refractivity contribution is 5.88. The van der Waals surface area contributed by atoms with Crippen LogP contribution in [0.15, 0.2) is 11.6 Å². The van der Waals surface area contributed by atoms with Gasteiger partial charge in [0.1, 0.15) is 0 Å². The minimum atomic E-state index is -0.476. The van der Waals surface area contributed by atoms with Gasteiger partial charge in [-0.2, -0.15) is 0 Å². The number of carbonyl (C=O) groups excluding carboxylic acids is 1. The zero-order valence-electron chi connectivity index (χ0n) is 15.4. The fourth-order valence-electron chi connectivity index (χ4n) is 6.20. The zero-order valence-corrected chi connectivity index (χ0v) is 15.4. The molecule has 2 N–H and O–H groups in total. The first-order valence-electron chi connectivity index (χ1n) is 9.35. The minimum absolute atomic E-state index is 0.0931. The smallest absolute Gasteiger partial charge is 0.333 e. The van der Waals surface area contributed by atoms with Crippen molar-refractivity contribution in [1.82, 2.24) is 0 Å². The maximum Gasteiger partial charge on any atom is 0.333 e. The van der Waals surface area contributed by atoms with Gasteiger partial charge in [-0.15, -0.1) is 0 Å². The van der Waals surface area contributed by atoms with Crippen molar-refractivity contribution < 1.29 is 19.7 Å². The first-order chi connectivity index (χ1) is 11.2. The lowest BCUT2D eigenvalue weighted by molar-refractivity contribution is -0.161. The van der Waals surface area contributed by atoms with E-state index >= 15 is 0 Å². The number of esters is 1. The molecule has 2 saturated carbocycles. The standard InChI is InChI=1S/C20H32O4/c1-19(2)16-8-6-13-14(20(16,3)10-9-17(19)22)7-5-12(11-15(13)21)18(23)24-4/h5,13-17,21-22H,6-11H2,1-4H3. The summed E-state index contributed by atoms with van der Waals surface area (Å²) in [5, 5.41) is 21.3. The van der Waals surface area contributed by atoms with Crippen LogP contribution in [0.2, 0.25) is 0 Å². The number of allylic oxidation sites excluding steroid dienone is 1. The van der Waals surface area contributed by atoms with Crippen molar-refractivity contribution >= 4 is 5.97 Å². The Kier molecular flexibility index (Phi) is 4.59. The summed E-state index contributed by atoms with van der Waals surface area (Å²) in [6, 6.07) is 0. The molecule has 4 heteroatoms. The van der Waals surface area contributed by atoms with E-state index < -0.39 is 6.10 Å². The lowest BCUT2D eigenvalue weighted by Crippen LogP contribution is -2.57.